The van der Waals surface area contributed by atoms with E-state index in [1.165, 1.54) is 0 Å². The average molecular weight is 318 g/mol. The fourth-order valence-electron chi connectivity index (χ4n) is 3.20. The van der Waals surface area contributed by atoms with E-state index in [2.05, 4.69) is 5.32 Å². The van der Waals surface area contributed by atoms with Gasteiger partial charge in [-0.05, 0) is 24.1 Å². The minimum atomic E-state index is -0.194. The van der Waals surface area contributed by atoms with Crippen LogP contribution in [0, 0.1) is 5.92 Å². The maximum absolute atomic E-state index is 12.5. The summed E-state index contributed by atoms with van der Waals surface area (Å²) in [4.78, 5) is 26.3. The van der Waals surface area contributed by atoms with Gasteiger partial charge in [-0.15, -0.1) is 0 Å². The predicted octanol–water partition coefficient (Wildman–Crippen LogP) is 0.601. The van der Waals surface area contributed by atoms with Gasteiger partial charge in [0.2, 0.25) is 11.8 Å². The number of benzene rings is 1. The molecule has 2 atom stereocenters. The lowest BCUT2D eigenvalue weighted by Gasteiger charge is -2.36. The molecular formula is C17H22N2O4. The SMILES string of the molecule is COc1cccc(CC(=O)N2CC[C@H]3C(=O)NCCO[C@H]3C2)c1. The number of methoxy groups -OCH3 is 1. The van der Waals surface area contributed by atoms with Gasteiger partial charge < -0.3 is 19.7 Å². The second-order valence-corrected chi connectivity index (χ2v) is 5.96. The summed E-state index contributed by atoms with van der Waals surface area (Å²) >= 11 is 0. The monoisotopic (exact) mass is 318 g/mol. The van der Waals surface area contributed by atoms with Crippen LogP contribution in [-0.2, 0) is 20.7 Å². The van der Waals surface area contributed by atoms with Crippen LogP contribution in [0.1, 0.15) is 12.0 Å². The Morgan fingerprint density at radius 2 is 2.35 bits per heavy atom. The van der Waals surface area contributed by atoms with E-state index in [1.807, 2.05) is 24.3 Å². The number of piperidine rings is 1. The number of carbonyl (C=O) groups is 2. The third-order valence-corrected chi connectivity index (χ3v) is 4.47. The number of rotatable bonds is 3. The molecule has 0 radical (unpaired) electrons. The summed E-state index contributed by atoms with van der Waals surface area (Å²) in [6, 6.07) is 7.53. The molecule has 1 N–H and O–H groups in total. The second kappa shape index (κ2) is 7.00. The summed E-state index contributed by atoms with van der Waals surface area (Å²) in [7, 11) is 1.61. The number of nitrogens with zero attached hydrogens (tertiary/aromatic N) is 1. The minimum Gasteiger partial charge on any atom is -0.497 e. The van der Waals surface area contributed by atoms with Crippen LogP contribution in [0.5, 0.6) is 5.75 Å². The van der Waals surface area contributed by atoms with Gasteiger partial charge in [0.1, 0.15) is 5.75 Å². The number of likely N-dealkylation sites (tertiary alicyclic amines) is 1. The summed E-state index contributed by atoms with van der Waals surface area (Å²) in [5.41, 5.74) is 0.927. The Morgan fingerprint density at radius 1 is 1.48 bits per heavy atom. The van der Waals surface area contributed by atoms with Gasteiger partial charge in [-0.2, -0.15) is 0 Å². The lowest BCUT2D eigenvalue weighted by molar-refractivity contribution is -0.141. The molecule has 2 aliphatic heterocycles. The van der Waals surface area contributed by atoms with E-state index in [4.69, 9.17) is 9.47 Å². The maximum Gasteiger partial charge on any atom is 0.227 e. The molecule has 0 aliphatic carbocycles. The molecule has 1 aromatic carbocycles. The van der Waals surface area contributed by atoms with Crippen molar-refractivity contribution in [3.8, 4) is 5.75 Å². The predicted molar refractivity (Wildman–Crippen MR) is 84.1 cm³/mol. The van der Waals surface area contributed by atoms with Crippen molar-refractivity contribution in [2.24, 2.45) is 5.92 Å². The van der Waals surface area contributed by atoms with Gasteiger partial charge in [-0.25, -0.2) is 0 Å². The number of ether oxygens (including phenoxy) is 2. The van der Waals surface area contributed by atoms with E-state index in [-0.39, 0.29) is 23.8 Å². The molecule has 0 spiro atoms. The van der Waals surface area contributed by atoms with Crippen molar-refractivity contribution in [3.05, 3.63) is 29.8 Å². The summed E-state index contributed by atoms with van der Waals surface area (Å²) in [6.07, 6.45) is 0.793. The smallest absolute Gasteiger partial charge is 0.227 e. The van der Waals surface area contributed by atoms with E-state index >= 15 is 0 Å². The second-order valence-electron chi connectivity index (χ2n) is 5.96. The molecule has 2 aliphatic rings. The molecule has 0 saturated carbocycles. The van der Waals surface area contributed by atoms with Gasteiger partial charge in [0.15, 0.2) is 0 Å². The quantitative estimate of drug-likeness (QED) is 0.886. The molecule has 2 heterocycles. The average Bonchev–Trinajstić information content (AvgIpc) is 2.76. The Labute approximate surface area is 135 Å². The molecule has 124 valence electrons. The molecule has 2 fully saturated rings. The highest BCUT2D eigenvalue weighted by Crippen LogP contribution is 2.23. The van der Waals surface area contributed by atoms with Gasteiger partial charge in [0.25, 0.3) is 0 Å². The number of amides is 2. The van der Waals surface area contributed by atoms with Crippen molar-refractivity contribution in [3.63, 3.8) is 0 Å². The fraction of sp³-hybridized carbons (Fsp3) is 0.529. The zero-order chi connectivity index (χ0) is 16.2. The van der Waals surface area contributed by atoms with E-state index in [1.54, 1.807) is 12.0 Å². The van der Waals surface area contributed by atoms with E-state index in [9.17, 15) is 9.59 Å². The molecule has 6 heteroatoms. The van der Waals surface area contributed by atoms with Crippen molar-refractivity contribution >= 4 is 11.8 Å². The highest BCUT2D eigenvalue weighted by atomic mass is 16.5. The van der Waals surface area contributed by atoms with Crippen molar-refractivity contribution in [1.29, 1.82) is 0 Å². The standard InChI is InChI=1S/C17H22N2O4/c1-22-13-4-2-3-12(9-13)10-16(20)19-7-5-14-15(11-19)23-8-6-18-17(14)21/h2-4,9,14-15H,5-8,10-11H2,1H3,(H,18,21)/t14-,15+/m1/s1. The third-order valence-electron chi connectivity index (χ3n) is 4.47. The normalized spacial score (nSPS) is 24.4. The molecule has 3 rings (SSSR count). The van der Waals surface area contributed by atoms with Crippen molar-refractivity contribution in [2.75, 3.05) is 33.4 Å². The van der Waals surface area contributed by atoms with Crippen molar-refractivity contribution < 1.29 is 19.1 Å². The van der Waals surface area contributed by atoms with Crippen LogP contribution in [0.15, 0.2) is 24.3 Å². The summed E-state index contributed by atoms with van der Waals surface area (Å²) in [5, 5.41) is 2.86. The molecular weight excluding hydrogens is 296 g/mol. The van der Waals surface area contributed by atoms with Crippen LogP contribution >= 0.6 is 0 Å². The van der Waals surface area contributed by atoms with Crippen molar-refractivity contribution in [1.82, 2.24) is 10.2 Å². The molecule has 0 bridgehead atoms. The first-order valence-corrected chi connectivity index (χ1v) is 7.97. The summed E-state index contributed by atoms with van der Waals surface area (Å²) in [5.74, 6) is 0.716. The van der Waals surface area contributed by atoms with Gasteiger partial charge in [-0.3, -0.25) is 9.59 Å². The van der Waals surface area contributed by atoms with Crippen molar-refractivity contribution in [2.45, 2.75) is 18.9 Å². The summed E-state index contributed by atoms with van der Waals surface area (Å²) in [6.45, 7) is 2.13. The zero-order valence-corrected chi connectivity index (χ0v) is 13.3. The Morgan fingerprint density at radius 3 is 3.17 bits per heavy atom. The lowest BCUT2D eigenvalue weighted by Crippen LogP contribution is -2.50. The highest BCUT2D eigenvalue weighted by Gasteiger charge is 2.37. The van der Waals surface area contributed by atoms with E-state index in [0.29, 0.717) is 39.1 Å². The molecule has 0 unspecified atom stereocenters. The topological polar surface area (TPSA) is 67.9 Å². The Bertz CT molecular complexity index is 590. The Kier molecular flexibility index (Phi) is 4.81. The number of nitrogens with one attached hydrogen (secondary N) is 1. The van der Waals surface area contributed by atoms with Crippen LogP contribution < -0.4 is 10.1 Å². The first-order chi connectivity index (χ1) is 11.2. The van der Waals surface area contributed by atoms with E-state index < -0.39 is 0 Å². The minimum absolute atomic E-state index is 0.0485. The number of hydrogen-bond acceptors (Lipinski definition) is 4. The number of fused-ring (bicyclic) bond motifs is 1. The molecule has 6 nitrogen and oxygen atoms in total. The Balaban J connectivity index is 1.63. The molecule has 2 saturated heterocycles. The first-order valence-electron chi connectivity index (χ1n) is 7.97. The van der Waals surface area contributed by atoms with Gasteiger partial charge in [0.05, 0.1) is 32.2 Å². The molecule has 0 aromatic heterocycles. The summed E-state index contributed by atoms with van der Waals surface area (Å²) < 4.78 is 10.9. The van der Waals surface area contributed by atoms with Gasteiger partial charge in [-0.1, -0.05) is 12.1 Å². The Hall–Kier alpha value is -2.08. The van der Waals surface area contributed by atoms with Gasteiger partial charge in [0, 0.05) is 19.6 Å². The largest absolute Gasteiger partial charge is 0.497 e. The van der Waals surface area contributed by atoms with Crippen LogP contribution in [0.4, 0.5) is 0 Å². The van der Waals surface area contributed by atoms with Gasteiger partial charge >= 0.3 is 0 Å². The highest BCUT2D eigenvalue weighted by molar-refractivity contribution is 5.81. The first kappa shape index (κ1) is 15.8. The maximum atomic E-state index is 12.5. The lowest BCUT2D eigenvalue weighted by atomic mass is 9.92. The fourth-order valence-corrected chi connectivity index (χ4v) is 3.20. The third kappa shape index (κ3) is 3.64. The number of carbonyl (C=O) groups excluding carboxylic acids is 2. The zero-order valence-electron chi connectivity index (χ0n) is 13.3. The molecule has 2 amide bonds. The van der Waals surface area contributed by atoms with E-state index in [0.717, 1.165) is 11.3 Å². The van der Waals surface area contributed by atoms with Crippen LogP contribution in [0.25, 0.3) is 0 Å². The number of hydrogen-bond donors (Lipinski definition) is 1. The van der Waals surface area contributed by atoms with Crippen LogP contribution in [0.2, 0.25) is 0 Å². The molecule has 23 heavy (non-hydrogen) atoms. The van der Waals surface area contributed by atoms with Crippen LogP contribution in [-0.4, -0.2) is 56.2 Å². The van der Waals surface area contributed by atoms with Crippen LogP contribution in [0.3, 0.4) is 0 Å². The molecule has 1 aromatic rings.